The molecule has 0 aliphatic heterocycles. The van der Waals surface area contributed by atoms with Crippen molar-refractivity contribution < 1.29 is 22.4 Å². The van der Waals surface area contributed by atoms with E-state index in [4.69, 9.17) is 0 Å². The van der Waals surface area contributed by atoms with E-state index in [0.717, 1.165) is 6.07 Å². The second-order valence-electron chi connectivity index (χ2n) is 6.94. The lowest BCUT2D eigenvalue weighted by Crippen LogP contribution is -2.15. The van der Waals surface area contributed by atoms with Crippen molar-refractivity contribution >= 4 is 28.1 Å². The van der Waals surface area contributed by atoms with Crippen molar-refractivity contribution in [1.82, 2.24) is 19.8 Å². The monoisotopic (exact) mass is 403 g/mol. The number of halogens is 4. The van der Waals surface area contributed by atoms with Gasteiger partial charge in [-0.1, -0.05) is 0 Å². The topological polar surface area (TPSA) is 75.1 Å². The molecule has 148 valence electrons. The fourth-order valence-corrected chi connectivity index (χ4v) is 3.46. The maximum absolute atomic E-state index is 14.3. The fourth-order valence-electron chi connectivity index (χ4n) is 3.46. The van der Waals surface area contributed by atoms with Crippen molar-refractivity contribution in [3.63, 3.8) is 0 Å². The van der Waals surface area contributed by atoms with E-state index in [0.29, 0.717) is 22.0 Å². The van der Waals surface area contributed by atoms with Crippen LogP contribution in [0.3, 0.4) is 0 Å². The Labute approximate surface area is 160 Å². The lowest BCUT2D eigenvalue weighted by Gasteiger charge is -2.12. The van der Waals surface area contributed by atoms with E-state index < -0.39 is 35.8 Å². The number of hydrogen-bond donors (Lipinski definition) is 2. The van der Waals surface area contributed by atoms with Gasteiger partial charge in [-0.25, -0.2) is 22.1 Å². The van der Waals surface area contributed by atoms with Crippen molar-refractivity contribution in [3.8, 4) is 11.1 Å². The van der Waals surface area contributed by atoms with Gasteiger partial charge in [0.1, 0.15) is 12.0 Å². The van der Waals surface area contributed by atoms with Crippen LogP contribution in [0, 0.1) is 11.7 Å². The summed E-state index contributed by atoms with van der Waals surface area (Å²) in [6, 6.07) is 5.61. The molecule has 2 atom stereocenters. The molecule has 6 nitrogen and oxygen atoms in total. The van der Waals surface area contributed by atoms with Gasteiger partial charge in [-0.05, 0) is 24.1 Å². The maximum Gasteiger partial charge on any atom is 0.267 e. The number of H-pyrrole nitrogens is 1. The molecule has 0 radical (unpaired) electrons. The third-order valence-electron chi connectivity index (χ3n) is 5.01. The molecule has 3 heterocycles. The molecule has 1 aliphatic rings. The summed E-state index contributed by atoms with van der Waals surface area (Å²) in [7, 11) is 0. The molecule has 3 aromatic heterocycles. The van der Waals surface area contributed by atoms with Gasteiger partial charge in [0.05, 0.1) is 28.7 Å². The number of hydrogen-bond acceptors (Lipinski definition) is 3. The fraction of sp³-hybridized carbons (Fsp3) is 0.211. The number of nitrogens with zero attached hydrogens (tertiary/aromatic N) is 3. The minimum Gasteiger partial charge on any atom is -0.309 e. The summed E-state index contributed by atoms with van der Waals surface area (Å²) in [5, 5.41) is 13.5. The van der Waals surface area contributed by atoms with E-state index in [1.165, 1.54) is 29.0 Å². The molecule has 29 heavy (non-hydrogen) atoms. The van der Waals surface area contributed by atoms with Crippen LogP contribution < -0.4 is 5.32 Å². The first kappa shape index (κ1) is 17.7. The van der Waals surface area contributed by atoms with Crippen LogP contribution in [0.1, 0.15) is 18.4 Å². The average Bonchev–Trinajstić information content (AvgIpc) is 3.06. The van der Waals surface area contributed by atoms with E-state index in [2.05, 4.69) is 20.6 Å². The summed E-state index contributed by atoms with van der Waals surface area (Å²) in [4.78, 5) is 11.9. The van der Waals surface area contributed by atoms with Gasteiger partial charge in [-0.2, -0.15) is 10.2 Å². The van der Waals surface area contributed by atoms with Gasteiger partial charge in [0.15, 0.2) is 5.82 Å². The number of amides is 1. The van der Waals surface area contributed by atoms with Crippen molar-refractivity contribution in [2.24, 2.45) is 5.92 Å². The van der Waals surface area contributed by atoms with Crippen molar-refractivity contribution in [2.75, 3.05) is 5.32 Å². The van der Waals surface area contributed by atoms with E-state index in [-0.39, 0.29) is 17.8 Å². The van der Waals surface area contributed by atoms with Crippen LogP contribution in [-0.4, -0.2) is 31.9 Å². The first-order valence-electron chi connectivity index (χ1n) is 8.80. The standard InChI is InChI=1S/C19H13F4N5O/c20-12-5-10(12)19(29)25-15-4-9-3-8(1-2-28(9)27-15)16-11-7-24-26-14(11)6-13(21)17(16)18(22)23/h1-4,6-7,10,12,18H,5H2,(H,24,26)(H,25,27,29)/t10-,12+/m1/s1. The minimum absolute atomic E-state index is 0.0382. The Bertz CT molecular complexity index is 1260. The van der Waals surface area contributed by atoms with Gasteiger partial charge >= 0.3 is 0 Å². The zero-order chi connectivity index (χ0) is 20.3. The van der Waals surface area contributed by atoms with E-state index in [1.54, 1.807) is 6.07 Å². The number of carbonyl (C=O) groups is 1. The summed E-state index contributed by atoms with van der Waals surface area (Å²) in [5.74, 6) is -1.93. The largest absolute Gasteiger partial charge is 0.309 e. The number of nitrogens with one attached hydrogen (secondary N) is 2. The molecule has 10 heteroatoms. The molecule has 2 N–H and O–H groups in total. The van der Waals surface area contributed by atoms with Gasteiger partial charge in [0, 0.05) is 29.3 Å². The quantitative estimate of drug-likeness (QED) is 0.500. The number of benzene rings is 1. The number of alkyl halides is 3. The van der Waals surface area contributed by atoms with Gasteiger partial charge in [0.25, 0.3) is 6.43 Å². The molecule has 0 unspecified atom stereocenters. The number of anilines is 1. The molecule has 5 rings (SSSR count). The molecular formula is C19H13F4N5O. The Morgan fingerprint density at radius 3 is 2.83 bits per heavy atom. The molecule has 0 saturated heterocycles. The van der Waals surface area contributed by atoms with E-state index in [1.807, 2.05) is 0 Å². The van der Waals surface area contributed by atoms with Crippen molar-refractivity contribution in [1.29, 1.82) is 0 Å². The Hall–Kier alpha value is -3.43. The van der Waals surface area contributed by atoms with Gasteiger partial charge < -0.3 is 5.32 Å². The van der Waals surface area contributed by atoms with Crippen molar-refractivity contribution in [2.45, 2.75) is 19.0 Å². The molecule has 0 bridgehead atoms. The number of aromatic amines is 1. The van der Waals surface area contributed by atoms with E-state index >= 15 is 0 Å². The molecule has 1 aliphatic carbocycles. The Morgan fingerprint density at radius 1 is 1.31 bits per heavy atom. The highest BCUT2D eigenvalue weighted by molar-refractivity contribution is 5.97. The lowest BCUT2D eigenvalue weighted by atomic mass is 9.96. The normalized spacial score (nSPS) is 18.7. The zero-order valence-electron chi connectivity index (χ0n) is 14.7. The number of aromatic nitrogens is 4. The number of carbonyl (C=O) groups excluding carboxylic acids is 1. The maximum atomic E-state index is 14.3. The highest BCUT2D eigenvalue weighted by Gasteiger charge is 2.43. The highest BCUT2D eigenvalue weighted by Crippen LogP contribution is 2.39. The molecule has 1 amide bonds. The lowest BCUT2D eigenvalue weighted by molar-refractivity contribution is -0.117. The molecule has 1 fully saturated rings. The molecule has 1 saturated carbocycles. The van der Waals surface area contributed by atoms with Crippen LogP contribution >= 0.6 is 0 Å². The number of rotatable bonds is 4. The number of pyridine rings is 1. The summed E-state index contributed by atoms with van der Waals surface area (Å²) >= 11 is 0. The van der Waals surface area contributed by atoms with Crippen LogP contribution in [-0.2, 0) is 4.79 Å². The predicted octanol–water partition coefficient (Wildman–Crippen LogP) is 4.25. The Kier molecular flexibility index (Phi) is 3.83. The SMILES string of the molecule is O=C(Nc1cc2cc(-c3c(C(F)F)c(F)cc4[nH]ncc34)ccn2n1)[C@@H]1C[C@@H]1F. The Morgan fingerprint density at radius 2 is 2.10 bits per heavy atom. The van der Waals surface area contributed by atoms with Gasteiger partial charge in [-0.15, -0.1) is 0 Å². The minimum atomic E-state index is -3.02. The molecule has 1 aromatic carbocycles. The third-order valence-corrected chi connectivity index (χ3v) is 5.01. The van der Waals surface area contributed by atoms with E-state index in [9.17, 15) is 22.4 Å². The smallest absolute Gasteiger partial charge is 0.267 e. The van der Waals surface area contributed by atoms with Crippen LogP contribution in [0.5, 0.6) is 0 Å². The zero-order valence-corrected chi connectivity index (χ0v) is 14.7. The van der Waals surface area contributed by atoms with Gasteiger partial charge in [0.2, 0.25) is 5.91 Å². The van der Waals surface area contributed by atoms with Crippen molar-refractivity contribution in [3.05, 3.63) is 48.0 Å². The van der Waals surface area contributed by atoms with Gasteiger partial charge in [-0.3, -0.25) is 9.89 Å². The summed E-state index contributed by atoms with van der Waals surface area (Å²) in [6.07, 6.45) is -1.07. The first-order valence-corrected chi connectivity index (χ1v) is 8.80. The van der Waals surface area contributed by atoms with Crippen LogP contribution in [0.4, 0.5) is 23.4 Å². The van der Waals surface area contributed by atoms with Crippen LogP contribution in [0.2, 0.25) is 0 Å². The third kappa shape index (κ3) is 2.91. The summed E-state index contributed by atoms with van der Waals surface area (Å²) < 4.78 is 56.0. The second kappa shape index (κ2) is 6.29. The highest BCUT2D eigenvalue weighted by atomic mass is 19.3. The molecule has 0 spiro atoms. The Balaban J connectivity index is 1.60. The number of fused-ring (bicyclic) bond motifs is 2. The second-order valence-corrected chi connectivity index (χ2v) is 6.94. The average molecular weight is 403 g/mol. The molecule has 4 aromatic rings. The van der Waals surface area contributed by atoms with Crippen LogP contribution in [0.25, 0.3) is 27.5 Å². The summed E-state index contributed by atoms with van der Waals surface area (Å²) in [5.41, 5.74) is 0.470. The summed E-state index contributed by atoms with van der Waals surface area (Å²) in [6.45, 7) is 0. The predicted molar refractivity (Wildman–Crippen MR) is 96.8 cm³/mol. The molecular weight excluding hydrogens is 390 g/mol. The van der Waals surface area contributed by atoms with Crippen LogP contribution in [0.15, 0.2) is 36.7 Å². The first-order chi connectivity index (χ1) is 13.9.